The smallest absolute Gasteiger partial charge is 0.422 e. The van der Waals surface area contributed by atoms with Crippen LogP contribution in [0, 0.1) is 0 Å². The number of hydrogen-bond donors (Lipinski definition) is 2. The second kappa shape index (κ2) is 12.7. The van der Waals surface area contributed by atoms with Gasteiger partial charge < -0.3 is 20.3 Å². The number of nitrogens with zero attached hydrogens (tertiary/aromatic N) is 2. The first-order chi connectivity index (χ1) is 15.3. The molecule has 10 heteroatoms. The first-order valence-electron chi connectivity index (χ1n) is 10.4. The molecule has 0 aliphatic carbocycles. The van der Waals surface area contributed by atoms with Crippen molar-refractivity contribution in [3.05, 3.63) is 65.2 Å². The van der Waals surface area contributed by atoms with Crippen LogP contribution in [0.3, 0.4) is 0 Å². The number of alkyl halides is 3. The summed E-state index contributed by atoms with van der Waals surface area (Å²) in [7, 11) is 1.65. The van der Waals surface area contributed by atoms with Crippen LogP contribution in [-0.2, 0) is 24.4 Å². The molecule has 1 amide bonds. The molecule has 3 rings (SSSR count). The first kappa shape index (κ1) is 26.7. The molecule has 2 N–H and O–H groups in total. The summed E-state index contributed by atoms with van der Waals surface area (Å²) in [6, 6.07) is 14.5. The third-order valence-electron chi connectivity index (χ3n) is 5.06. The molecule has 0 atom stereocenters. The molecule has 33 heavy (non-hydrogen) atoms. The Hall–Kier alpha value is -2.50. The summed E-state index contributed by atoms with van der Waals surface area (Å²) in [4.78, 5) is 18.5. The normalized spacial score (nSPS) is 13.2. The van der Waals surface area contributed by atoms with E-state index in [1.54, 1.807) is 19.2 Å². The maximum Gasteiger partial charge on any atom is 0.422 e. The predicted octanol–water partition coefficient (Wildman–Crippen LogP) is 4.23. The Kier molecular flexibility index (Phi) is 10.3. The highest BCUT2D eigenvalue weighted by Crippen LogP contribution is 2.23. The molecule has 2 aromatic carbocycles. The van der Waals surface area contributed by atoms with Gasteiger partial charge in [0.15, 0.2) is 12.6 Å². The van der Waals surface area contributed by atoms with E-state index >= 15 is 0 Å². The Morgan fingerprint density at radius 1 is 1.06 bits per heavy atom. The minimum absolute atomic E-state index is 0. The highest BCUT2D eigenvalue weighted by atomic mass is 127. The number of rotatable bonds is 8. The molecule has 1 heterocycles. The SMILES string of the molecule is CN=C(NCCCC(=O)N1Cc2ccccc2C1)NCc1ccc(OCC(F)(F)F)cc1.I. The van der Waals surface area contributed by atoms with Gasteiger partial charge in [-0.25, -0.2) is 0 Å². The van der Waals surface area contributed by atoms with Crippen LogP contribution in [0.5, 0.6) is 5.75 Å². The highest BCUT2D eigenvalue weighted by molar-refractivity contribution is 14.0. The zero-order chi connectivity index (χ0) is 23.0. The van der Waals surface area contributed by atoms with Gasteiger partial charge in [0.2, 0.25) is 5.91 Å². The van der Waals surface area contributed by atoms with E-state index < -0.39 is 12.8 Å². The van der Waals surface area contributed by atoms with E-state index in [1.807, 2.05) is 17.0 Å². The zero-order valence-corrected chi connectivity index (χ0v) is 20.7. The Bertz CT molecular complexity index is 911. The van der Waals surface area contributed by atoms with Gasteiger partial charge in [-0.2, -0.15) is 13.2 Å². The molecular weight excluding hydrogens is 548 g/mol. The maximum absolute atomic E-state index is 12.4. The Balaban J connectivity index is 0.00000385. The van der Waals surface area contributed by atoms with E-state index in [0.29, 0.717) is 45.0 Å². The van der Waals surface area contributed by atoms with Crippen LogP contribution >= 0.6 is 24.0 Å². The Morgan fingerprint density at radius 2 is 1.70 bits per heavy atom. The van der Waals surface area contributed by atoms with Crippen LogP contribution in [0.1, 0.15) is 29.5 Å². The van der Waals surface area contributed by atoms with Crippen molar-refractivity contribution in [2.24, 2.45) is 4.99 Å². The molecule has 0 radical (unpaired) electrons. The van der Waals surface area contributed by atoms with Gasteiger partial charge in [-0.1, -0.05) is 36.4 Å². The molecule has 0 unspecified atom stereocenters. The number of halogens is 4. The number of fused-ring (bicyclic) bond motifs is 1. The number of carbonyl (C=O) groups excluding carboxylic acids is 1. The number of hydrogen-bond acceptors (Lipinski definition) is 3. The molecule has 1 aliphatic heterocycles. The molecule has 6 nitrogen and oxygen atoms in total. The van der Waals surface area contributed by atoms with Gasteiger partial charge in [0, 0.05) is 39.6 Å². The minimum Gasteiger partial charge on any atom is -0.484 e. The van der Waals surface area contributed by atoms with Crippen molar-refractivity contribution in [2.45, 2.75) is 38.7 Å². The lowest BCUT2D eigenvalue weighted by Crippen LogP contribution is -2.37. The van der Waals surface area contributed by atoms with E-state index in [9.17, 15) is 18.0 Å². The summed E-state index contributed by atoms with van der Waals surface area (Å²) in [6.07, 6.45) is -3.22. The zero-order valence-electron chi connectivity index (χ0n) is 18.3. The van der Waals surface area contributed by atoms with E-state index in [2.05, 4.69) is 27.8 Å². The number of benzene rings is 2. The van der Waals surface area contributed by atoms with E-state index in [4.69, 9.17) is 4.74 Å². The van der Waals surface area contributed by atoms with Crippen LogP contribution in [0.15, 0.2) is 53.5 Å². The van der Waals surface area contributed by atoms with Crippen molar-refractivity contribution >= 4 is 35.8 Å². The van der Waals surface area contributed by atoms with E-state index in [0.717, 1.165) is 5.56 Å². The minimum atomic E-state index is -4.36. The van der Waals surface area contributed by atoms with Crippen molar-refractivity contribution in [3.8, 4) is 5.75 Å². The number of nitrogens with one attached hydrogen (secondary N) is 2. The van der Waals surface area contributed by atoms with Crippen molar-refractivity contribution in [1.29, 1.82) is 0 Å². The average molecular weight is 576 g/mol. The van der Waals surface area contributed by atoms with Gasteiger partial charge in [-0.05, 0) is 35.2 Å². The fourth-order valence-corrected chi connectivity index (χ4v) is 3.39. The van der Waals surface area contributed by atoms with Gasteiger partial charge in [0.25, 0.3) is 0 Å². The van der Waals surface area contributed by atoms with Crippen molar-refractivity contribution < 1.29 is 22.7 Å². The van der Waals surface area contributed by atoms with Crippen molar-refractivity contribution in [1.82, 2.24) is 15.5 Å². The number of carbonyl (C=O) groups is 1. The maximum atomic E-state index is 12.4. The summed E-state index contributed by atoms with van der Waals surface area (Å²) in [5.74, 6) is 0.890. The van der Waals surface area contributed by atoms with E-state index in [1.165, 1.54) is 23.3 Å². The summed E-state index contributed by atoms with van der Waals surface area (Å²) in [5, 5.41) is 6.31. The molecule has 0 saturated carbocycles. The molecule has 2 aromatic rings. The van der Waals surface area contributed by atoms with Crippen LogP contribution in [0.25, 0.3) is 0 Å². The highest BCUT2D eigenvalue weighted by Gasteiger charge is 2.28. The molecule has 0 bridgehead atoms. The number of amides is 1. The third-order valence-corrected chi connectivity index (χ3v) is 5.06. The quantitative estimate of drug-likeness (QED) is 0.214. The number of ether oxygens (including phenoxy) is 1. The summed E-state index contributed by atoms with van der Waals surface area (Å²) >= 11 is 0. The monoisotopic (exact) mass is 576 g/mol. The second-order valence-electron chi connectivity index (χ2n) is 7.52. The summed E-state index contributed by atoms with van der Waals surface area (Å²) in [6.45, 7) is 1.08. The molecule has 0 aromatic heterocycles. The van der Waals surface area contributed by atoms with Gasteiger partial charge in [0.05, 0.1) is 0 Å². The molecule has 0 spiro atoms. The standard InChI is InChI=1S/C23H27F3N4O2.HI/c1-27-22(29-13-17-8-10-20(11-9-17)32-16-23(24,25)26)28-12-4-7-21(31)30-14-18-5-2-3-6-19(18)15-30;/h2-3,5-6,8-11H,4,7,12-16H2,1H3,(H2,27,28,29);1H. The van der Waals surface area contributed by atoms with Crippen LogP contribution in [0.4, 0.5) is 13.2 Å². The third kappa shape index (κ3) is 8.75. The Labute approximate surface area is 208 Å². The van der Waals surface area contributed by atoms with E-state index in [-0.39, 0.29) is 35.6 Å². The predicted molar refractivity (Wildman–Crippen MR) is 132 cm³/mol. The lowest BCUT2D eigenvalue weighted by molar-refractivity contribution is -0.153. The molecule has 180 valence electrons. The fraction of sp³-hybridized carbons (Fsp3) is 0.391. The fourth-order valence-electron chi connectivity index (χ4n) is 3.39. The summed E-state index contributed by atoms with van der Waals surface area (Å²) < 4.78 is 41.3. The molecule has 0 saturated heterocycles. The van der Waals surface area contributed by atoms with Gasteiger partial charge in [0.1, 0.15) is 5.75 Å². The van der Waals surface area contributed by atoms with Crippen molar-refractivity contribution in [3.63, 3.8) is 0 Å². The average Bonchev–Trinajstić information content (AvgIpc) is 3.22. The topological polar surface area (TPSA) is 66.0 Å². The molecule has 1 aliphatic rings. The second-order valence-corrected chi connectivity index (χ2v) is 7.52. The lowest BCUT2D eigenvalue weighted by atomic mass is 10.1. The number of aliphatic imine (C=N–C) groups is 1. The Morgan fingerprint density at radius 3 is 2.27 bits per heavy atom. The van der Waals surface area contributed by atoms with Gasteiger partial charge in [-0.3, -0.25) is 9.79 Å². The first-order valence-corrected chi connectivity index (χ1v) is 10.4. The largest absolute Gasteiger partial charge is 0.484 e. The molecular formula is C23H28F3IN4O2. The lowest BCUT2D eigenvalue weighted by Gasteiger charge is -2.16. The number of guanidine groups is 1. The summed E-state index contributed by atoms with van der Waals surface area (Å²) in [5.41, 5.74) is 3.29. The van der Waals surface area contributed by atoms with Gasteiger partial charge in [-0.15, -0.1) is 24.0 Å². The van der Waals surface area contributed by atoms with Crippen LogP contribution < -0.4 is 15.4 Å². The van der Waals surface area contributed by atoms with Crippen LogP contribution in [0.2, 0.25) is 0 Å². The van der Waals surface area contributed by atoms with Gasteiger partial charge >= 0.3 is 6.18 Å². The van der Waals surface area contributed by atoms with Crippen molar-refractivity contribution in [2.75, 3.05) is 20.2 Å². The molecule has 0 fully saturated rings. The van der Waals surface area contributed by atoms with Crippen LogP contribution in [-0.4, -0.2) is 43.1 Å².